The zero-order chi connectivity index (χ0) is 14.2. The molecule has 1 aliphatic rings. The molecule has 0 amide bonds. The van der Waals surface area contributed by atoms with Crippen molar-refractivity contribution in [3.05, 3.63) is 59.7 Å². The van der Waals surface area contributed by atoms with E-state index in [-0.39, 0.29) is 5.41 Å². The third-order valence-electron chi connectivity index (χ3n) is 3.91. The maximum atomic E-state index is 3.52. The average Bonchev–Trinajstić information content (AvgIpc) is 2.46. The van der Waals surface area contributed by atoms with Crippen LogP contribution in [0.5, 0.6) is 0 Å². The Labute approximate surface area is 121 Å². The van der Waals surface area contributed by atoms with Crippen molar-refractivity contribution >= 4 is 11.4 Å². The number of nitrogens with zero attached hydrogens (tertiary/aromatic N) is 1. The molecular weight excluding hydrogens is 244 g/mol. The van der Waals surface area contributed by atoms with Crippen LogP contribution in [-0.4, -0.2) is 6.67 Å². The van der Waals surface area contributed by atoms with E-state index in [2.05, 4.69) is 79.5 Å². The van der Waals surface area contributed by atoms with E-state index in [1.54, 1.807) is 0 Å². The molecule has 3 rings (SSSR count). The van der Waals surface area contributed by atoms with Crippen LogP contribution in [0, 0.1) is 0 Å². The van der Waals surface area contributed by atoms with Crippen molar-refractivity contribution in [2.24, 2.45) is 0 Å². The molecule has 2 aromatic rings. The van der Waals surface area contributed by atoms with Crippen LogP contribution in [0.1, 0.15) is 31.9 Å². The summed E-state index contributed by atoms with van der Waals surface area (Å²) in [5, 5.41) is 3.52. The van der Waals surface area contributed by atoms with Gasteiger partial charge in [-0.15, -0.1) is 0 Å². The van der Waals surface area contributed by atoms with Gasteiger partial charge < -0.3 is 10.2 Å². The molecule has 0 bridgehead atoms. The molecule has 0 aromatic heterocycles. The third-order valence-corrected chi connectivity index (χ3v) is 3.91. The molecule has 0 atom stereocenters. The van der Waals surface area contributed by atoms with Gasteiger partial charge in [-0.05, 0) is 34.7 Å². The van der Waals surface area contributed by atoms with Gasteiger partial charge in [0.05, 0.1) is 6.67 Å². The molecule has 104 valence electrons. The van der Waals surface area contributed by atoms with Crippen molar-refractivity contribution in [2.75, 3.05) is 16.9 Å². The summed E-state index contributed by atoms with van der Waals surface area (Å²) in [7, 11) is 0. The fourth-order valence-electron chi connectivity index (χ4n) is 2.63. The van der Waals surface area contributed by atoms with Crippen molar-refractivity contribution in [1.82, 2.24) is 0 Å². The first-order valence-electron chi connectivity index (χ1n) is 7.21. The molecule has 2 aromatic carbocycles. The van der Waals surface area contributed by atoms with E-state index in [1.165, 1.54) is 22.5 Å². The maximum Gasteiger partial charge on any atom is 0.0880 e. The van der Waals surface area contributed by atoms with Gasteiger partial charge >= 0.3 is 0 Å². The lowest BCUT2D eigenvalue weighted by Crippen LogP contribution is -2.33. The van der Waals surface area contributed by atoms with Crippen molar-refractivity contribution in [2.45, 2.75) is 32.7 Å². The topological polar surface area (TPSA) is 15.3 Å². The van der Waals surface area contributed by atoms with Gasteiger partial charge in [-0.1, -0.05) is 51.1 Å². The third kappa shape index (κ3) is 2.51. The van der Waals surface area contributed by atoms with Crippen LogP contribution in [0.3, 0.4) is 0 Å². The lowest BCUT2D eigenvalue weighted by molar-refractivity contribution is 0.588. The summed E-state index contributed by atoms with van der Waals surface area (Å²) in [5.41, 5.74) is 5.52. The van der Waals surface area contributed by atoms with E-state index in [1.807, 2.05) is 0 Å². The first kappa shape index (κ1) is 13.0. The number of benzene rings is 2. The van der Waals surface area contributed by atoms with Crippen molar-refractivity contribution in [3.63, 3.8) is 0 Å². The second-order valence-corrected chi connectivity index (χ2v) is 6.49. The lowest BCUT2D eigenvalue weighted by Gasteiger charge is -2.33. The molecule has 2 heteroatoms. The van der Waals surface area contributed by atoms with Gasteiger partial charge in [0.15, 0.2) is 0 Å². The van der Waals surface area contributed by atoms with E-state index in [0.29, 0.717) is 0 Å². The summed E-state index contributed by atoms with van der Waals surface area (Å²) >= 11 is 0. The molecule has 1 heterocycles. The number of anilines is 2. The minimum atomic E-state index is 0.198. The van der Waals surface area contributed by atoms with E-state index in [4.69, 9.17) is 0 Å². The highest BCUT2D eigenvalue weighted by Gasteiger charge is 2.19. The second-order valence-electron chi connectivity index (χ2n) is 6.49. The van der Waals surface area contributed by atoms with E-state index < -0.39 is 0 Å². The van der Waals surface area contributed by atoms with Crippen LogP contribution in [0.25, 0.3) is 0 Å². The number of hydrogen-bond donors (Lipinski definition) is 1. The van der Waals surface area contributed by atoms with Gasteiger partial charge in [-0.25, -0.2) is 0 Å². The molecule has 1 aliphatic heterocycles. The Morgan fingerprint density at radius 1 is 1.00 bits per heavy atom. The van der Waals surface area contributed by atoms with E-state index in [0.717, 1.165) is 13.2 Å². The fraction of sp³-hybridized carbons (Fsp3) is 0.333. The summed E-state index contributed by atoms with van der Waals surface area (Å²) in [6.45, 7) is 8.63. The summed E-state index contributed by atoms with van der Waals surface area (Å²) in [6, 6.07) is 17.4. The second kappa shape index (κ2) is 4.86. The zero-order valence-electron chi connectivity index (χ0n) is 12.5. The Morgan fingerprint density at radius 3 is 2.45 bits per heavy atom. The molecule has 0 aliphatic carbocycles. The van der Waals surface area contributed by atoms with Crippen LogP contribution in [0.15, 0.2) is 48.5 Å². The Morgan fingerprint density at radius 2 is 1.75 bits per heavy atom. The molecule has 0 unspecified atom stereocenters. The summed E-state index contributed by atoms with van der Waals surface area (Å²) in [6.07, 6.45) is 0. The Hall–Kier alpha value is -1.96. The predicted molar refractivity (Wildman–Crippen MR) is 86.3 cm³/mol. The minimum absolute atomic E-state index is 0.198. The van der Waals surface area contributed by atoms with Gasteiger partial charge in [-0.3, -0.25) is 0 Å². The Bertz CT molecular complexity index is 597. The number of hydrogen-bond acceptors (Lipinski definition) is 2. The SMILES string of the molecule is CC(C)(C)c1ccc2c(c1)CN(c1ccccc1)CN2. The summed E-state index contributed by atoms with van der Waals surface area (Å²) < 4.78 is 0. The molecule has 1 N–H and O–H groups in total. The van der Waals surface area contributed by atoms with Crippen molar-refractivity contribution in [3.8, 4) is 0 Å². The lowest BCUT2D eigenvalue weighted by atomic mass is 9.85. The van der Waals surface area contributed by atoms with Crippen LogP contribution in [0.4, 0.5) is 11.4 Å². The van der Waals surface area contributed by atoms with Crippen LogP contribution in [0.2, 0.25) is 0 Å². The number of para-hydroxylation sites is 1. The number of fused-ring (bicyclic) bond motifs is 1. The van der Waals surface area contributed by atoms with Gasteiger partial charge in [-0.2, -0.15) is 0 Å². The van der Waals surface area contributed by atoms with Gasteiger partial charge in [0, 0.05) is 17.9 Å². The Kier molecular flexibility index (Phi) is 3.17. The quantitative estimate of drug-likeness (QED) is 0.824. The molecule has 0 spiro atoms. The number of nitrogens with one attached hydrogen (secondary N) is 1. The highest BCUT2D eigenvalue weighted by Crippen LogP contribution is 2.31. The van der Waals surface area contributed by atoms with Crippen LogP contribution in [-0.2, 0) is 12.0 Å². The molecule has 2 nitrogen and oxygen atoms in total. The summed E-state index contributed by atoms with van der Waals surface area (Å²) in [5.74, 6) is 0. The normalized spacial score (nSPS) is 14.7. The molecule has 20 heavy (non-hydrogen) atoms. The van der Waals surface area contributed by atoms with Gasteiger partial charge in [0.2, 0.25) is 0 Å². The maximum absolute atomic E-state index is 3.52. The van der Waals surface area contributed by atoms with Crippen molar-refractivity contribution in [1.29, 1.82) is 0 Å². The standard InChI is InChI=1S/C18H22N2/c1-18(2,3)15-9-10-17-14(11-15)12-20(13-19-17)16-7-5-4-6-8-16/h4-11,19H,12-13H2,1-3H3. The first-order chi connectivity index (χ1) is 9.54. The minimum Gasteiger partial charge on any atom is -0.367 e. The average molecular weight is 266 g/mol. The van der Waals surface area contributed by atoms with Crippen LogP contribution < -0.4 is 10.2 Å². The highest BCUT2D eigenvalue weighted by atomic mass is 15.2. The predicted octanol–water partition coefficient (Wildman–Crippen LogP) is 4.37. The number of rotatable bonds is 1. The molecule has 0 radical (unpaired) electrons. The molecule has 0 saturated heterocycles. The van der Waals surface area contributed by atoms with Crippen molar-refractivity contribution < 1.29 is 0 Å². The fourth-order valence-corrected chi connectivity index (χ4v) is 2.63. The smallest absolute Gasteiger partial charge is 0.0880 e. The van der Waals surface area contributed by atoms with Gasteiger partial charge in [0.1, 0.15) is 0 Å². The molecule has 0 saturated carbocycles. The van der Waals surface area contributed by atoms with Gasteiger partial charge in [0.25, 0.3) is 0 Å². The monoisotopic (exact) mass is 266 g/mol. The van der Waals surface area contributed by atoms with Crippen LogP contribution >= 0.6 is 0 Å². The van der Waals surface area contributed by atoms with E-state index >= 15 is 0 Å². The molecular formula is C18H22N2. The Balaban J connectivity index is 1.90. The summed E-state index contributed by atoms with van der Waals surface area (Å²) in [4.78, 5) is 2.37. The zero-order valence-corrected chi connectivity index (χ0v) is 12.5. The highest BCUT2D eigenvalue weighted by molar-refractivity contribution is 5.60. The largest absolute Gasteiger partial charge is 0.367 e. The first-order valence-corrected chi connectivity index (χ1v) is 7.21. The molecule has 0 fully saturated rings. The van der Waals surface area contributed by atoms with E-state index in [9.17, 15) is 0 Å².